The minimum Gasteiger partial charge on any atom is -0.501 e. The van der Waals surface area contributed by atoms with Crippen molar-refractivity contribution >= 4 is 57.0 Å². The van der Waals surface area contributed by atoms with Crippen LogP contribution in [-0.4, -0.2) is 22.6 Å². The molecular formula is C49H45IrN3OSi-2. The minimum atomic E-state index is -1.36. The van der Waals surface area contributed by atoms with Crippen LogP contribution < -0.4 is 5.19 Å². The number of hydrogen-bond donors (Lipinski definition) is 0. The van der Waals surface area contributed by atoms with Gasteiger partial charge in [-0.3, -0.25) is 4.98 Å². The molecule has 3 aromatic heterocycles. The Bertz CT molecular complexity index is 2770. The maximum Gasteiger partial charge on any atom is 0.120 e. The van der Waals surface area contributed by atoms with Crippen LogP contribution in [0.5, 0.6) is 0 Å². The fraction of sp³-hybridized carbons (Fsp3) is 0.184. The Morgan fingerprint density at radius 1 is 0.709 bits per heavy atom. The molecular weight excluding hydrogens is 867 g/mol. The molecule has 0 saturated carbocycles. The zero-order valence-corrected chi connectivity index (χ0v) is 35.8. The van der Waals surface area contributed by atoms with Gasteiger partial charge in [-0.1, -0.05) is 136 Å². The SMILES string of the molecule is CC(C)c1c[c-]c(-c2cc(C(C)C)c([Si](C)(C)C)cn2)cc1.[Ir].[c-]1ccc2c(oc3ccccc32)c1-c1nc2ccccc2n1-c1ccc2ccccc2c1. The fourth-order valence-electron chi connectivity index (χ4n) is 7.31. The maximum absolute atomic E-state index is 6.31. The summed E-state index contributed by atoms with van der Waals surface area (Å²) in [5.41, 5.74) is 10.5. The van der Waals surface area contributed by atoms with Crippen molar-refractivity contribution in [2.24, 2.45) is 0 Å². The molecule has 0 unspecified atom stereocenters. The average Bonchev–Trinajstić information content (AvgIpc) is 3.76. The third-order valence-electron chi connectivity index (χ3n) is 10.3. The van der Waals surface area contributed by atoms with Crippen LogP contribution in [-0.2, 0) is 20.1 Å². The van der Waals surface area contributed by atoms with Crippen LogP contribution >= 0.6 is 0 Å². The number of aromatic nitrogens is 3. The van der Waals surface area contributed by atoms with Gasteiger partial charge in [0.2, 0.25) is 0 Å². The summed E-state index contributed by atoms with van der Waals surface area (Å²) < 4.78 is 8.52. The first-order chi connectivity index (χ1) is 26.1. The molecule has 9 aromatic rings. The maximum atomic E-state index is 6.31. The zero-order valence-electron chi connectivity index (χ0n) is 32.4. The van der Waals surface area contributed by atoms with Crippen LogP contribution in [0.15, 0.2) is 138 Å². The molecule has 0 aliphatic rings. The van der Waals surface area contributed by atoms with Gasteiger partial charge in [0.25, 0.3) is 0 Å². The predicted molar refractivity (Wildman–Crippen MR) is 230 cm³/mol. The smallest absolute Gasteiger partial charge is 0.120 e. The molecule has 0 bridgehead atoms. The molecule has 0 aliphatic heterocycles. The van der Waals surface area contributed by atoms with Crippen molar-refractivity contribution in [3.05, 3.63) is 157 Å². The van der Waals surface area contributed by atoms with E-state index in [4.69, 9.17) is 14.4 Å². The molecule has 6 heteroatoms. The number of rotatable bonds is 6. The zero-order chi connectivity index (χ0) is 37.6. The first kappa shape index (κ1) is 38.2. The quantitative estimate of drug-likeness (QED) is 0.123. The summed E-state index contributed by atoms with van der Waals surface area (Å²) in [4.78, 5) is 9.77. The van der Waals surface area contributed by atoms with E-state index in [0.29, 0.717) is 11.8 Å². The standard InChI is InChI=1S/C29H17N2O.C20H28NSi.Ir/c1-2-9-20-18-21(17-16-19(20)8-1)31-26-14-5-4-13-25(26)30-29(31)24-12-7-11-23-22-10-3-6-15-27(22)32-28(23)24;1-14(2)16-8-10-17(11-9-16)19-12-18(15(3)4)20(13-21-19)22(5,6)7;/h1-11,13-18H;8-10,12-15H,1-7H3;/q2*-1;. The Hall–Kier alpha value is -5.13. The molecule has 0 fully saturated rings. The monoisotopic (exact) mass is 912 g/mol. The second kappa shape index (κ2) is 15.5. The van der Waals surface area contributed by atoms with Gasteiger partial charge in [-0.2, -0.15) is 0 Å². The van der Waals surface area contributed by atoms with Crippen molar-refractivity contribution in [1.29, 1.82) is 0 Å². The van der Waals surface area contributed by atoms with E-state index in [9.17, 15) is 0 Å². The Morgan fingerprint density at radius 2 is 1.45 bits per heavy atom. The summed E-state index contributed by atoms with van der Waals surface area (Å²) in [6.45, 7) is 16.1. The van der Waals surface area contributed by atoms with Crippen molar-refractivity contribution in [3.8, 4) is 28.3 Å². The van der Waals surface area contributed by atoms with Gasteiger partial charge in [0.1, 0.15) is 5.58 Å². The molecule has 4 nitrogen and oxygen atoms in total. The minimum absolute atomic E-state index is 0. The normalized spacial score (nSPS) is 11.7. The van der Waals surface area contributed by atoms with E-state index in [1.165, 1.54) is 27.1 Å². The number of benzene rings is 6. The molecule has 9 rings (SSSR count). The Balaban J connectivity index is 0.000000179. The molecule has 277 valence electrons. The summed E-state index contributed by atoms with van der Waals surface area (Å²) in [7, 11) is -1.36. The number of hydrogen-bond acceptors (Lipinski definition) is 3. The molecule has 6 aromatic carbocycles. The van der Waals surface area contributed by atoms with Crippen LogP contribution in [0.2, 0.25) is 19.6 Å². The molecule has 0 atom stereocenters. The molecule has 0 amide bonds. The molecule has 0 N–H and O–H groups in total. The first-order valence-corrected chi connectivity index (χ1v) is 22.4. The summed E-state index contributed by atoms with van der Waals surface area (Å²) >= 11 is 0. The van der Waals surface area contributed by atoms with E-state index in [1.54, 1.807) is 0 Å². The van der Waals surface area contributed by atoms with Crippen LogP contribution in [0, 0.1) is 12.1 Å². The summed E-state index contributed by atoms with van der Waals surface area (Å²) in [6, 6.07) is 50.9. The van der Waals surface area contributed by atoms with E-state index in [-0.39, 0.29) is 20.1 Å². The van der Waals surface area contributed by atoms with Gasteiger partial charge in [0.05, 0.1) is 30.5 Å². The molecule has 1 radical (unpaired) electrons. The van der Waals surface area contributed by atoms with E-state index in [0.717, 1.165) is 61.3 Å². The van der Waals surface area contributed by atoms with Crippen molar-refractivity contribution in [2.75, 3.05) is 0 Å². The number of pyridine rings is 1. The molecule has 0 spiro atoms. The van der Waals surface area contributed by atoms with E-state index in [1.807, 2.05) is 30.3 Å². The van der Waals surface area contributed by atoms with Crippen LogP contribution in [0.3, 0.4) is 0 Å². The molecule has 3 heterocycles. The van der Waals surface area contributed by atoms with Gasteiger partial charge >= 0.3 is 0 Å². The first-order valence-electron chi connectivity index (χ1n) is 18.9. The largest absolute Gasteiger partial charge is 0.501 e. The van der Waals surface area contributed by atoms with Crippen LogP contribution in [0.4, 0.5) is 0 Å². The topological polar surface area (TPSA) is 43.9 Å². The fourth-order valence-corrected chi connectivity index (χ4v) is 8.98. The number of fused-ring (bicyclic) bond motifs is 5. The van der Waals surface area contributed by atoms with Crippen molar-refractivity contribution < 1.29 is 24.5 Å². The van der Waals surface area contributed by atoms with E-state index in [2.05, 4.69) is 167 Å². The number of nitrogens with zero attached hydrogens (tertiary/aromatic N) is 3. The average molecular weight is 912 g/mol. The van der Waals surface area contributed by atoms with Gasteiger partial charge < -0.3 is 14.0 Å². The Labute approximate surface area is 338 Å². The number of imidazole rings is 1. The van der Waals surface area contributed by atoms with Gasteiger partial charge in [-0.15, -0.1) is 53.6 Å². The van der Waals surface area contributed by atoms with Crippen molar-refractivity contribution in [2.45, 2.75) is 59.2 Å². The molecule has 0 aliphatic carbocycles. The second-order valence-corrected chi connectivity index (χ2v) is 20.8. The van der Waals surface area contributed by atoms with Crippen molar-refractivity contribution in [1.82, 2.24) is 14.5 Å². The summed E-state index contributed by atoms with van der Waals surface area (Å²) in [6.07, 6.45) is 2.11. The molecule has 55 heavy (non-hydrogen) atoms. The summed E-state index contributed by atoms with van der Waals surface area (Å²) in [5.74, 6) is 1.89. The predicted octanol–water partition coefficient (Wildman–Crippen LogP) is 12.9. The Morgan fingerprint density at radius 3 is 2.20 bits per heavy atom. The molecule has 0 saturated heterocycles. The van der Waals surface area contributed by atoms with Gasteiger partial charge in [-0.05, 0) is 57.9 Å². The number of para-hydroxylation sites is 3. The van der Waals surface area contributed by atoms with E-state index < -0.39 is 8.07 Å². The van der Waals surface area contributed by atoms with Gasteiger partial charge in [0, 0.05) is 37.4 Å². The summed E-state index contributed by atoms with van der Waals surface area (Å²) in [5, 5.41) is 6.07. The van der Waals surface area contributed by atoms with Crippen LogP contribution in [0.1, 0.15) is 50.7 Å². The van der Waals surface area contributed by atoms with Gasteiger partial charge in [-0.25, -0.2) is 0 Å². The third kappa shape index (κ3) is 7.47. The second-order valence-electron chi connectivity index (χ2n) is 15.7. The van der Waals surface area contributed by atoms with Crippen LogP contribution in [0.25, 0.3) is 72.1 Å². The Kier molecular flexibility index (Phi) is 10.8. The van der Waals surface area contributed by atoms with Gasteiger partial charge in [0.15, 0.2) is 0 Å². The number of furan rings is 1. The third-order valence-corrected chi connectivity index (χ3v) is 12.3. The van der Waals surface area contributed by atoms with E-state index >= 15 is 0 Å². The van der Waals surface area contributed by atoms with Crippen molar-refractivity contribution in [3.63, 3.8) is 0 Å².